The van der Waals surface area contributed by atoms with Gasteiger partial charge in [0.15, 0.2) is 0 Å². The van der Waals surface area contributed by atoms with E-state index in [0.29, 0.717) is 5.92 Å². The van der Waals surface area contributed by atoms with Gasteiger partial charge in [-0.1, -0.05) is 37.5 Å². The van der Waals surface area contributed by atoms with Crippen LogP contribution < -0.4 is 0 Å². The largest absolute Gasteiger partial charge is 0.388 e. The van der Waals surface area contributed by atoms with E-state index in [1.807, 2.05) is 0 Å². The molecule has 2 heteroatoms. The van der Waals surface area contributed by atoms with Gasteiger partial charge in [-0.15, -0.1) is 0 Å². The van der Waals surface area contributed by atoms with Crippen molar-refractivity contribution in [3.8, 4) is 0 Å². The number of rotatable bonds is 2. The molecule has 116 valence electrons. The van der Waals surface area contributed by atoms with Crippen molar-refractivity contribution in [3.63, 3.8) is 0 Å². The first-order chi connectivity index (χ1) is 10.1. The van der Waals surface area contributed by atoms with Crippen LogP contribution in [0.5, 0.6) is 0 Å². The third kappa shape index (κ3) is 3.02. The molecule has 1 saturated carbocycles. The van der Waals surface area contributed by atoms with E-state index >= 15 is 0 Å². The lowest BCUT2D eigenvalue weighted by Gasteiger charge is -2.45. The average molecular weight is 288 g/mol. The fraction of sp³-hybridized carbons (Fsp3) is 0.684. The van der Waals surface area contributed by atoms with E-state index in [2.05, 4.69) is 32.0 Å². The van der Waals surface area contributed by atoms with Crippen LogP contribution in [-0.2, 0) is 4.74 Å². The number of ether oxygens (including phenoxy) is 1. The predicted molar refractivity (Wildman–Crippen MR) is 85.4 cm³/mol. The van der Waals surface area contributed by atoms with Crippen molar-refractivity contribution in [3.05, 3.63) is 34.9 Å². The summed E-state index contributed by atoms with van der Waals surface area (Å²) in [6.45, 7) is 5.04. The van der Waals surface area contributed by atoms with E-state index in [9.17, 15) is 5.11 Å². The summed E-state index contributed by atoms with van der Waals surface area (Å²) in [5, 5.41) is 11.0. The second-order valence-corrected chi connectivity index (χ2v) is 7.10. The van der Waals surface area contributed by atoms with Crippen molar-refractivity contribution in [2.75, 3.05) is 6.61 Å². The van der Waals surface area contributed by atoms with Crippen molar-refractivity contribution >= 4 is 0 Å². The molecule has 2 unspecified atom stereocenters. The quantitative estimate of drug-likeness (QED) is 0.870. The number of benzene rings is 1. The number of aliphatic hydroxyl groups is 1. The highest BCUT2D eigenvalue weighted by molar-refractivity contribution is 5.35. The van der Waals surface area contributed by atoms with Gasteiger partial charge < -0.3 is 9.84 Å². The van der Waals surface area contributed by atoms with Crippen LogP contribution in [-0.4, -0.2) is 17.3 Å². The smallest absolute Gasteiger partial charge is 0.0825 e. The van der Waals surface area contributed by atoms with E-state index in [1.165, 1.54) is 43.2 Å². The summed E-state index contributed by atoms with van der Waals surface area (Å²) in [5.41, 5.74) is 3.65. The lowest BCUT2D eigenvalue weighted by molar-refractivity contribution is -0.134. The summed E-state index contributed by atoms with van der Waals surface area (Å²) in [5.74, 6) is 0.344. The standard InChI is InChI=1S/C19H28O2/c1-14-7-6-8-15(2)17(14)18(20)16-9-12-21-19(13-16)10-4-3-5-11-19/h6-8,16,18,20H,3-5,9-13H2,1-2H3. The van der Waals surface area contributed by atoms with Crippen LogP contribution >= 0.6 is 0 Å². The molecule has 21 heavy (non-hydrogen) atoms. The van der Waals surface area contributed by atoms with Gasteiger partial charge in [-0.05, 0) is 62.1 Å². The number of hydrogen-bond acceptors (Lipinski definition) is 2. The maximum absolute atomic E-state index is 11.0. The molecule has 2 aliphatic rings. The van der Waals surface area contributed by atoms with Gasteiger partial charge in [0.2, 0.25) is 0 Å². The first kappa shape index (κ1) is 15.1. The van der Waals surface area contributed by atoms with Crippen LogP contribution in [0.15, 0.2) is 18.2 Å². The lowest BCUT2D eigenvalue weighted by atomic mass is 9.73. The Hall–Kier alpha value is -0.860. The fourth-order valence-corrected chi connectivity index (χ4v) is 4.41. The van der Waals surface area contributed by atoms with Crippen LogP contribution in [0.1, 0.15) is 67.7 Å². The topological polar surface area (TPSA) is 29.5 Å². The molecule has 1 aromatic carbocycles. The molecule has 1 aromatic rings. The normalized spacial score (nSPS) is 26.7. The van der Waals surface area contributed by atoms with Crippen LogP contribution in [0.25, 0.3) is 0 Å². The first-order valence-electron chi connectivity index (χ1n) is 8.49. The zero-order valence-corrected chi connectivity index (χ0v) is 13.4. The van der Waals surface area contributed by atoms with Crippen molar-refractivity contribution in [1.82, 2.24) is 0 Å². The molecule has 2 fully saturated rings. The molecule has 1 saturated heterocycles. The fourth-order valence-electron chi connectivity index (χ4n) is 4.41. The Bertz CT molecular complexity index is 463. The minimum atomic E-state index is -0.339. The minimum Gasteiger partial charge on any atom is -0.388 e. The third-order valence-corrected chi connectivity index (χ3v) is 5.58. The van der Waals surface area contributed by atoms with E-state index in [-0.39, 0.29) is 11.7 Å². The van der Waals surface area contributed by atoms with Gasteiger partial charge in [0.1, 0.15) is 0 Å². The highest BCUT2D eigenvalue weighted by Crippen LogP contribution is 2.44. The molecule has 2 atom stereocenters. The van der Waals surface area contributed by atoms with Crippen LogP contribution in [0.3, 0.4) is 0 Å². The van der Waals surface area contributed by atoms with Crippen molar-refractivity contribution in [2.45, 2.75) is 70.5 Å². The van der Waals surface area contributed by atoms with Crippen molar-refractivity contribution in [1.29, 1.82) is 0 Å². The summed E-state index contributed by atoms with van der Waals surface area (Å²) in [6.07, 6.45) is 7.95. The Balaban J connectivity index is 1.79. The molecule has 1 aliphatic heterocycles. The SMILES string of the molecule is Cc1cccc(C)c1C(O)C1CCOC2(CCCCC2)C1. The Morgan fingerprint density at radius 1 is 1.14 bits per heavy atom. The molecule has 0 aromatic heterocycles. The highest BCUT2D eigenvalue weighted by Gasteiger charge is 2.41. The van der Waals surface area contributed by atoms with Crippen LogP contribution in [0.4, 0.5) is 0 Å². The summed E-state index contributed by atoms with van der Waals surface area (Å²) in [4.78, 5) is 0. The van der Waals surface area contributed by atoms with Gasteiger partial charge in [-0.2, -0.15) is 0 Å². The predicted octanol–water partition coefficient (Wildman–Crippen LogP) is 4.47. The summed E-state index contributed by atoms with van der Waals surface area (Å²) in [6, 6.07) is 6.30. The number of aryl methyl sites for hydroxylation is 2. The Labute approximate surface area is 128 Å². The minimum absolute atomic E-state index is 0.0682. The van der Waals surface area contributed by atoms with Crippen molar-refractivity contribution < 1.29 is 9.84 Å². The summed E-state index contributed by atoms with van der Waals surface area (Å²) >= 11 is 0. The number of aliphatic hydroxyl groups excluding tert-OH is 1. The molecule has 0 bridgehead atoms. The molecule has 2 nitrogen and oxygen atoms in total. The lowest BCUT2D eigenvalue weighted by Crippen LogP contribution is -2.43. The molecular weight excluding hydrogens is 260 g/mol. The maximum Gasteiger partial charge on any atom is 0.0825 e. The van der Waals surface area contributed by atoms with Gasteiger partial charge in [-0.3, -0.25) is 0 Å². The van der Waals surface area contributed by atoms with Crippen molar-refractivity contribution in [2.24, 2.45) is 5.92 Å². The second-order valence-electron chi connectivity index (χ2n) is 7.10. The summed E-state index contributed by atoms with van der Waals surface area (Å²) in [7, 11) is 0. The Kier molecular flexibility index (Phi) is 4.37. The van der Waals surface area contributed by atoms with E-state index < -0.39 is 0 Å². The molecule has 1 heterocycles. The van der Waals surface area contributed by atoms with E-state index in [1.54, 1.807) is 0 Å². The zero-order valence-electron chi connectivity index (χ0n) is 13.4. The monoisotopic (exact) mass is 288 g/mol. The van der Waals surface area contributed by atoms with Gasteiger partial charge in [0, 0.05) is 6.61 Å². The third-order valence-electron chi connectivity index (χ3n) is 5.58. The molecule has 0 radical (unpaired) electrons. The van der Waals surface area contributed by atoms with Gasteiger partial charge in [0.05, 0.1) is 11.7 Å². The van der Waals surface area contributed by atoms with E-state index in [0.717, 1.165) is 25.0 Å². The highest BCUT2D eigenvalue weighted by atomic mass is 16.5. The molecular formula is C19H28O2. The first-order valence-corrected chi connectivity index (χ1v) is 8.49. The van der Waals surface area contributed by atoms with Gasteiger partial charge in [0.25, 0.3) is 0 Å². The van der Waals surface area contributed by atoms with E-state index in [4.69, 9.17) is 4.74 Å². The summed E-state index contributed by atoms with van der Waals surface area (Å²) < 4.78 is 6.17. The average Bonchev–Trinajstić information content (AvgIpc) is 2.48. The van der Waals surface area contributed by atoms with Gasteiger partial charge >= 0.3 is 0 Å². The zero-order chi connectivity index (χ0) is 14.9. The van der Waals surface area contributed by atoms with Crippen LogP contribution in [0, 0.1) is 19.8 Å². The molecule has 3 rings (SSSR count). The Morgan fingerprint density at radius 2 is 1.81 bits per heavy atom. The second kappa shape index (κ2) is 6.10. The molecule has 1 spiro atoms. The Morgan fingerprint density at radius 3 is 2.48 bits per heavy atom. The van der Waals surface area contributed by atoms with Gasteiger partial charge in [-0.25, -0.2) is 0 Å². The van der Waals surface area contributed by atoms with Crippen LogP contribution in [0.2, 0.25) is 0 Å². The number of hydrogen-bond donors (Lipinski definition) is 1. The maximum atomic E-state index is 11.0. The molecule has 1 aliphatic carbocycles. The molecule has 1 N–H and O–H groups in total. The molecule has 0 amide bonds.